The molecule has 40 heavy (non-hydrogen) atoms. The third-order valence-corrected chi connectivity index (χ3v) is 7.90. The molecular weight excluding hydrogens is 550 g/mol. The van der Waals surface area contributed by atoms with Gasteiger partial charge in [0.05, 0.1) is 19.1 Å². The zero-order valence-electron chi connectivity index (χ0n) is 23.3. The Balaban J connectivity index is 2.09. The normalized spacial score (nSPS) is 11.9. The number of carbonyl (C=O) groups is 2. The molecule has 0 fully saturated rings. The third kappa shape index (κ3) is 8.22. The number of halogens is 1. The van der Waals surface area contributed by atoms with Crippen molar-refractivity contribution in [2.24, 2.45) is 0 Å². The van der Waals surface area contributed by atoms with E-state index in [0.29, 0.717) is 22.9 Å². The van der Waals surface area contributed by atoms with Crippen LogP contribution in [0.1, 0.15) is 30.0 Å². The first-order valence-electron chi connectivity index (χ1n) is 13.0. The Morgan fingerprint density at radius 1 is 1.02 bits per heavy atom. The van der Waals surface area contributed by atoms with Crippen molar-refractivity contribution in [3.05, 3.63) is 94.5 Å². The van der Waals surface area contributed by atoms with Crippen molar-refractivity contribution in [3.8, 4) is 5.75 Å². The maximum absolute atomic E-state index is 14.1. The van der Waals surface area contributed by atoms with Crippen LogP contribution in [0.4, 0.5) is 5.69 Å². The number of methoxy groups -OCH3 is 1. The van der Waals surface area contributed by atoms with Gasteiger partial charge in [-0.2, -0.15) is 0 Å². The van der Waals surface area contributed by atoms with Crippen LogP contribution >= 0.6 is 11.6 Å². The molecule has 0 radical (unpaired) electrons. The zero-order chi connectivity index (χ0) is 29.3. The van der Waals surface area contributed by atoms with Crippen LogP contribution in [0, 0.1) is 6.92 Å². The van der Waals surface area contributed by atoms with Gasteiger partial charge in [0, 0.05) is 24.5 Å². The van der Waals surface area contributed by atoms with Crippen LogP contribution in [-0.2, 0) is 32.6 Å². The summed E-state index contributed by atoms with van der Waals surface area (Å²) in [4.78, 5) is 29.1. The van der Waals surface area contributed by atoms with Gasteiger partial charge in [0.2, 0.25) is 21.8 Å². The van der Waals surface area contributed by atoms with Crippen LogP contribution in [0.5, 0.6) is 5.75 Å². The van der Waals surface area contributed by atoms with E-state index < -0.39 is 28.5 Å². The fraction of sp³-hybridized carbons (Fsp3) is 0.333. The van der Waals surface area contributed by atoms with Crippen LogP contribution in [-0.4, -0.2) is 57.6 Å². The number of amides is 2. The molecule has 0 bridgehead atoms. The number of aryl methyl sites for hydroxylation is 1. The highest BCUT2D eigenvalue weighted by atomic mass is 35.5. The predicted octanol–water partition coefficient (Wildman–Crippen LogP) is 4.59. The van der Waals surface area contributed by atoms with E-state index in [4.69, 9.17) is 16.3 Å². The molecule has 0 aliphatic heterocycles. The first-order chi connectivity index (χ1) is 19.0. The van der Waals surface area contributed by atoms with Crippen LogP contribution in [0.15, 0.2) is 72.8 Å². The Bertz CT molecular complexity index is 1420. The highest BCUT2D eigenvalue weighted by Gasteiger charge is 2.34. The van der Waals surface area contributed by atoms with Gasteiger partial charge < -0.3 is 15.0 Å². The lowest BCUT2D eigenvalue weighted by Gasteiger charge is -2.34. The average molecular weight is 586 g/mol. The molecule has 214 valence electrons. The van der Waals surface area contributed by atoms with E-state index in [2.05, 4.69) is 5.32 Å². The molecule has 3 aromatic rings. The number of nitrogens with one attached hydrogen (secondary N) is 1. The average Bonchev–Trinajstić information content (AvgIpc) is 2.93. The molecule has 0 aliphatic rings. The quantitative estimate of drug-likeness (QED) is 0.317. The molecule has 0 saturated heterocycles. The summed E-state index contributed by atoms with van der Waals surface area (Å²) in [6.45, 7) is 3.68. The third-order valence-electron chi connectivity index (χ3n) is 6.40. The fourth-order valence-corrected chi connectivity index (χ4v) is 5.36. The second-order valence-corrected chi connectivity index (χ2v) is 11.9. The molecule has 2 amide bonds. The van der Waals surface area contributed by atoms with E-state index in [-0.39, 0.29) is 24.6 Å². The summed E-state index contributed by atoms with van der Waals surface area (Å²) in [5, 5.41) is 3.35. The highest BCUT2D eigenvalue weighted by Crippen LogP contribution is 2.31. The van der Waals surface area contributed by atoms with Gasteiger partial charge >= 0.3 is 0 Å². The molecule has 3 aromatic carbocycles. The number of anilines is 1. The molecule has 8 nitrogen and oxygen atoms in total. The largest absolute Gasteiger partial charge is 0.495 e. The van der Waals surface area contributed by atoms with Crippen LogP contribution in [0.2, 0.25) is 5.02 Å². The fourth-order valence-electron chi connectivity index (χ4n) is 4.32. The van der Waals surface area contributed by atoms with Crippen molar-refractivity contribution >= 4 is 39.1 Å². The van der Waals surface area contributed by atoms with Gasteiger partial charge in [-0.1, -0.05) is 73.1 Å². The summed E-state index contributed by atoms with van der Waals surface area (Å²) >= 11 is 6.47. The molecule has 0 spiro atoms. The smallest absolute Gasteiger partial charge is 0.244 e. The maximum atomic E-state index is 14.1. The van der Waals surface area contributed by atoms with Crippen LogP contribution in [0.3, 0.4) is 0 Å². The minimum atomic E-state index is -3.92. The summed E-state index contributed by atoms with van der Waals surface area (Å²) in [7, 11) is -2.48. The minimum absolute atomic E-state index is 0.0120. The van der Waals surface area contributed by atoms with Crippen molar-refractivity contribution in [2.45, 2.75) is 39.3 Å². The highest BCUT2D eigenvalue weighted by molar-refractivity contribution is 7.92. The maximum Gasteiger partial charge on any atom is 0.244 e. The van der Waals surface area contributed by atoms with Crippen molar-refractivity contribution in [1.29, 1.82) is 0 Å². The predicted molar refractivity (Wildman–Crippen MR) is 159 cm³/mol. The Morgan fingerprint density at radius 3 is 2.33 bits per heavy atom. The molecule has 0 heterocycles. The number of hydrogen-bond acceptors (Lipinski definition) is 5. The van der Waals surface area contributed by atoms with E-state index in [1.54, 1.807) is 42.5 Å². The summed E-state index contributed by atoms with van der Waals surface area (Å²) in [6, 6.07) is 20.6. The molecule has 0 aliphatic carbocycles. The SMILES string of the molecule is CCCNC(=O)[C@H](Cc1ccccc1)N(Cc1ccccc1Cl)C(=O)CN(c1cc(C)ccc1OC)S(C)(=O)=O. The number of ether oxygens (including phenoxy) is 1. The Labute approximate surface area is 241 Å². The summed E-state index contributed by atoms with van der Waals surface area (Å²) < 4.78 is 32.5. The van der Waals surface area contributed by atoms with Gasteiger partial charge in [-0.3, -0.25) is 13.9 Å². The topological polar surface area (TPSA) is 96.0 Å². The van der Waals surface area contributed by atoms with Crippen molar-refractivity contribution in [1.82, 2.24) is 10.2 Å². The molecule has 0 unspecified atom stereocenters. The molecule has 0 saturated carbocycles. The van der Waals surface area contributed by atoms with E-state index >= 15 is 0 Å². The molecule has 10 heteroatoms. The Kier molecular flexibility index (Phi) is 11.0. The van der Waals surface area contributed by atoms with E-state index in [0.717, 1.165) is 28.1 Å². The standard InChI is InChI=1S/C30H36ClN3O5S/c1-5-17-32-30(36)27(19-23-11-7-6-8-12-23)33(20-24-13-9-10-14-25(24)31)29(35)21-34(40(4,37)38)26-18-22(2)15-16-28(26)39-3/h6-16,18,27H,5,17,19-21H2,1-4H3,(H,32,36)/t27-/m0/s1. The second kappa shape index (κ2) is 14.2. The van der Waals surface area contributed by atoms with Gasteiger partial charge in [0.15, 0.2) is 0 Å². The first kappa shape index (κ1) is 31.0. The lowest BCUT2D eigenvalue weighted by molar-refractivity contribution is -0.140. The number of benzene rings is 3. The van der Waals surface area contributed by atoms with Gasteiger partial charge in [-0.25, -0.2) is 8.42 Å². The van der Waals surface area contributed by atoms with Crippen LogP contribution in [0.25, 0.3) is 0 Å². The molecular formula is C30H36ClN3O5S. The Morgan fingerprint density at radius 2 is 1.70 bits per heavy atom. The number of carbonyl (C=O) groups excluding carboxylic acids is 2. The summed E-state index contributed by atoms with van der Waals surface area (Å²) in [5.41, 5.74) is 2.53. The molecule has 0 aromatic heterocycles. The van der Waals surface area contributed by atoms with E-state index in [1.165, 1.54) is 12.0 Å². The number of rotatable bonds is 13. The van der Waals surface area contributed by atoms with Crippen molar-refractivity contribution in [2.75, 3.05) is 30.8 Å². The van der Waals surface area contributed by atoms with Gasteiger partial charge in [0.1, 0.15) is 18.3 Å². The zero-order valence-corrected chi connectivity index (χ0v) is 24.8. The minimum Gasteiger partial charge on any atom is -0.495 e. The van der Waals surface area contributed by atoms with Crippen LogP contribution < -0.4 is 14.4 Å². The number of nitrogens with zero attached hydrogens (tertiary/aromatic N) is 2. The number of hydrogen-bond donors (Lipinski definition) is 1. The van der Waals surface area contributed by atoms with E-state index in [1.807, 2.05) is 44.2 Å². The summed E-state index contributed by atoms with van der Waals surface area (Å²) in [6.07, 6.45) is 1.99. The molecule has 3 rings (SSSR count). The second-order valence-electron chi connectivity index (χ2n) is 9.55. The Hall–Kier alpha value is -3.56. The van der Waals surface area contributed by atoms with Gasteiger partial charge in [0.25, 0.3) is 0 Å². The molecule has 1 atom stereocenters. The van der Waals surface area contributed by atoms with E-state index in [9.17, 15) is 18.0 Å². The lowest BCUT2D eigenvalue weighted by Crippen LogP contribution is -2.53. The summed E-state index contributed by atoms with van der Waals surface area (Å²) in [5.74, 6) is -0.574. The molecule has 1 N–H and O–H groups in total. The van der Waals surface area contributed by atoms with Gasteiger partial charge in [-0.15, -0.1) is 0 Å². The first-order valence-corrected chi connectivity index (χ1v) is 15.2. The van der Waals surface area contributed by atoms with Crippen molar-refractivity contribution < 1.29 is 22.7 Å². The lowest BCUT2D eigenvalue weighted by atomic mass is 10.0. The van der Waals surface area contributed by atoms with Crippen molar-refractivity contribution in [3.63, 3.8) is 0 Å². The van der Waals surface area contributed by atoms with Gasteiger partial charge in [-0.05, 0) is 48.2 Å². The monoisotopic (exact) mass is 585 g/mol. The number of sulfonamides is 1.